The van der Waals surface area contributed by atoms with Crippen molar-refractivity contribution < 1.29 is 0 Å². The molecule has 0 aliphatic heterocycles. The van der Waals surface area contributed by atoms with Gasteiger partial charge in [-0.2, -0.15) is 0 Å². The van der Waals surface area contributed by atoms with Crippen LogP contribution in [0.1, 0.15) is 46.0 Å². The molecule has 0 amide bonds. The summed E-state index contributed by atoms with van der Waals surface area (Å²) < 4.78 is 0. The Bertz CT molecular complexity index is 326. The Morgan fingerprint density at radius 1 is 1.29 bits per heavy atom. The molecule has 0 spiro atoms. The van der Waals surface area contributed by atoms with Crippen LogP contribution in [0.4, 0.5) is 5.82 Å². The minimum absolute atomic E-state index is 0.520. The van der Waals surface area contributed by atoms with Crippen molar-refractivity contribution in [1.82, 2.24) is 4.98 Å². The van der Waals surface area contributed by atoms with Crippen LogP contribution in [0, 0.1) is 11.3 Å². The Labute approximate surface area is 105 Å². The van der Waals surface area contributed by atoms with Crippen LogP contribution in [-0.2, 0) is 0 Å². The molecule has 94 valence electrons. The van der Waals surface area contributed by atoms with Crippen LogP contribution >= 0.6 is 0 Å². The zero-order valence-corrected chi connectivity index (χ0v) is 11.1. The number of rotatable bonds is 5. The van der Waals surface area contributed by atoms with Crippen LogP contribution in [-0.4, -0.2) is 11.5 Å². The lowest BCUT2D eigenvalue weighted by Gasteiger charge is -2.31. The zero-order chi connectivity index (χ0) is 12.1. The van der Waals surface area contributed by atoms with Crippen molar-refractivity contribution in [2.24, 2.45) is 11.3 Å². The summed E-state index contributed by atoms with van der Waals surface area (Å²) >= 11 is 0. The normalized spacial score (nSPS) is 18.5. The summed E-state index contributed by atoms with van der Waals surface area (Å²) in [7, 11) is 0. The standard InChI is InChI=1S/C15H24N2/c1-13(2)11-15(8-4-5-9-15)12-17-14-7-3-6-10-16-14/h3,6-7,10,13H,4-5,8-9,11-12H2,1-2H3,(H,16,17). The molecule has 1 aromatic rings. The largest absolute Gasteiger partial charge is 0.370 e. The molecule has 1 aliphatic rings. The quantitative estimate of drug-likeness (QED) is 0.826. The number of hydrogen-bond donors (Lipinski definition) is 1. The second kappa shape index (κ2) is 5.52. The van der Waals surface area contributed by atoms with Gasteiger partial charge in [0.05, 0.1) is 0 Å². The molecule has 1 fully saturated rings. The van der Waals surface area contributed by atoms with Gasteiger partial charge in [-0.15, -0.1) is 0 Å². The smallest absolute Gasteiger partial charge is 0.125 e. The van der Waals surface area contributed by atoms with E-state index in [1.807, 2.05) is 18.3 Å². The lowest BCUT2D eigenvalue weighted by atomic mass is 9.78. The highest BCUT2D eigenvalue weighted by molar-refractivity contribution is 5.33. The monoisotopic (exact) mass is 232 g/mol. The van der Waals surface area contributed by atoms with Crippen molar-refractivity contribution in [2.75, 3.05) is 11.9 Å². The summed E-state index contributed by atoms with van der Waals surface area (Å²) in [5, 5.41) is 3.52. The highest BCUT2D eigenvalue weighted by Gasteiger charge is 2.34. The lowest BCUT2D eigenvalue weighted by Crippen LogP contribution is -2.28. The van der Waals surface area contributed by atoms with E-state index in [0.29, 0.717) is 5.41 Å². The number of anilines is 1. The van der Waals surface area contributed by atoms with E-state index in [2.05, 4.69) is 30.2 Å². The van der Waals surface area contributed by atoms with Gasteiger partial charge < -0.3 is 5.32 Å². The zero-order valence-electron chi connectivity index (χ0n) is 11.1. The fraction of sp³-hybridized carbons (Fsp3) is 0.667. The molecule has 0 saturated heterocycles. The predicted molar refractivity (Wildman–Crippen MR) is 73.1 cm³/mol. The van der Waals surface area contributed by atoms with E-state index in [9.17, 15) is 0 Å². The van der Waals surface area contributed by atoms with E-state index >= 15 is 0 Å². The van der Waals surface area contributed by atoms with Crippen LogP contribution in [0.15, 0.2) is 24.4 Å². The number of pyridine rings is 1. The SMILES string of the molecule is CC(C)CC1(CNc2ccccn2)CCCC1. The van der Waals surface area contributed by atoms with E-state index in [1.54, 1.807) is 0 Å². The predicted octanol–water partition coefficient (Wildman–Crippen LogP) is 4.10. The van der Waals surface area contributed by atoms with Gasteiger partial charge in [-0.3, -0.25) is 0 Å². The molecule has 0 radical (unpaired) electrons. The highest BCUT2D eigenvalue weighted by atomic mass is 15.0. The molecule has 1 aromatic heterocycles. The molecule has 0 bridgehead atoms. The minimum Gasteiger partial charge on any atom is -0.370 e. The Balaban J connectivity index is 1.94. The Hall–Kier alpha value is -1.05. The molecule has 2 heteroatoms. The minimum atomic E-state index is 0.520. The molecule has 2 rings (SSSR count). The Morgan fingerprint density at radius 3 is 2.65 bits per heavy atom. The third kappa shape index (κ3) is 3.45. The van der Waals surface area contributed by atoms with Crippen molar-refractivity contribution in [3.8, 4) is 0 Å². The van der Waals surface area contributed by atoms with Crippen molar-refractivity contribution in [2.45, 2.75) is 46.0 Å². The molecule has 1 saturated carbocycles. The number of nitrogens with zero attached hydrogens (tertiary/aromatic N) is 1. The van der Waals surface area contributed by atoms with Gasteiger partial charge in [0.15, 0.2) is 0 Å². The van der Waals surface area contributed by atoms with Crippen LogP contribution in [0.3, 0.4) is 0 Å². The van der Waals surface area contributed by atoms with Crippen molar-refractivity contribution in [3.05, 3.63) is 24.4 Å². The third-order valence-electron chi connectivity index (χ3n) is 3.81. The first-order valence-corrected chi connectivity index (χ1v) is 6.85. The summed E-state index contributed by atoms with van der Waals surface area (Å²) in [6.07, 6.45) is 8.75. The molecule has 1 aliphatic carbocycles. The van der Waals surface area contributed by atoms with Crippen LogP contribution in [0.25, 0.3) is 0 Å². The topological polar surface area (TPSA) is 24.9 Å². The second-order valence-electron chi connectivity index (χ2n) is 5.87. The van der Waals surface area contributed by atoms with Gasteiger partial charge in [-0.05, 0) is 42.7 Å². The summed E-state index contributed by atoms with van der Waals surface area (Å²) in [5.74, 6) is 1.81. The molecule has 0 unspecified atom stereocenters. The van der Waals surface area contributed by atoms with E-state index in [4.69, 9.17) is 0 Å². The summed E-state index contributed by atoms with van der Waals surface area (Å²) in [4.78, 5) is 4.34. The van der Waals surface area contributed by atoms with E-state index < -0.39 is 0 Å². The summed E-state index contributed by atoms with van der Waals surface area (Å²) in [6, 6.07) is 6.06. The average molecular weight is 232 g/mol. The first-order valence-electron chi connectivity index (χ1n) is 6.85. The average Bonchev–Trinajstić information content (AvgIpc) is 2.76. The molecule has 0 aromatic carbocycles. The maximum atomic E-state index is 4.34. The van der Waals surface area contributed by atoms with Gasteiger partial charge in [0.25, 0.3) is 0 Å². The molecule has 2 nitrogen and oxygen atoms in total. The molecule has 0 atom stereocenters. The van der Waals surface area contributed by atoms with Crippen molar-refractivity contribution >= 4 is 5.82 Å². The maximum Gasteiger partial charge on any atom is 0.125 e. The van der Waals surface area contributed by atoms with Gasteiger partial charge in [0.1, 0.15) is 5.82 Å². The Kier molecular flexibility index (Phi) is 4.03. The third-order valence-corrected chi connectivity index (χ3v) is 3.81. The first kappa shape index (κ1) is 12.4. The van der Waals surface area contributed by atoms with E-state index in [-0.39, 0.29) is 0 Å². The van der Waals surface area contributed by atoms with Gasteiger partial charge in [0, 0.05) is 12.7 Å². The molecule has 17 heavy (non-hydrogen) atoms. The summed E-state index contributed by atoms with van der Waals surface area (Å²) in [6.45, 7) is 5.75. The first-order chi connectivity index (χ1) is 8.20. The molecular weight excluding hydrogens is 208 g/mol. The van der Waals surface area contributed by atoms with Crippen molar-refractivity contribution in [1.29, 1.82) is 0 Å². The fourth-order valence-electron chi connectivity index (χ4n) is 3.19. The second-order valence-corrected chi connectivity index (χ2v) is 5.87. The van der Waals surface area contributed by atoms with Crippen LogP contribution in [0.2, 0.25) is 0 Å². The van der Waals surface area contributed by atoms with Gasteiger partial charge in [0.2, 0.25) is 0 Å². The number of hydrogen-bond acceptors (Lipinski definition) is 2. The number of nitrogens with one attached hydrogen (secondary N) is 1. The maximum absolute atomic E-state index is 4.34. The fourth-order valence-corrected chi connectivity index (χ4v) is 3.19. The van der Waals surface area contributed by atoms with Gasteiger partial charge in [-0.1, -0.05) is 32.8 Å². The van der Waals surface area contributed by atoms with Gasteiger partial charge in [-0.25, -0.2) is 4.98 Å². The van der Waals surface area contributed by atoms with E-state index in [1.165, 1.54) is 32.1 Å². The number of aromatic nitrogens is 1. The van der Waals surface area contributed by atoms with Crippen LogP contribution in [0.5, 0.6) is 0 Å². The molecular formula is C15H24N2. The van der Waals surface area contributed by atoms with Gasteiger partial charge >= 0.3 is 0 Å². The summed E-state index contributed by atoms with van der Waals surface area (Å²) in [5.41, 5.74) is 0.520. The lowest BCUT2D eigenvalue weighted by molar-refractivity contribution is 0.252. The van der Waals surface area contributed by atoms with E-state index in [0.717, 1.165) is 18.3 Å². The molecule has 1 heterocycles. The van der Waals surface area contributed by atoms with Crippen LogP contribution < -0.4 is 5.32 Å². The Morgan fingerprint density at radius 2 is 2.06 bits per heavy atom. The highest BCUT2D eigenvalue weighted by Crippen LogP contribution is 2.43. The van der Waals surface area contributed by atoms with Crippen molar-refractivity contribution in [3.63, 3.8) is 0 Å². The molecule has 1 N–H and O–H groups in total.